The van der Waals surface area contributed by atoms with Gasteiger partial charge in [0.1, 0.15) is 0 Å². The smallest absolute Gasteiger partial charge is 0.447 e. The molecule has 0 aromatic rings. The predicted octanol–water partition coefficient (Wildman–Crippen LogP) is 0.769. The zero-order chi connectivity index (χ0) is 7.98. The minimum Gasteiger partial charge on any atom is -0.447 e. The molecule has 58 valence electrons. The monoisotopic (exact) mass is 150 g/mol. The summed E-state index contributed by atoms with van der Waals surface area (Å²) in [4.78, 5) is 26.6. The molecule has 6 heteroatoms. The predicted molar refractivity (Wildman–Crippen MR) is 27.2 cm³/mol. The molecule has 0 aliphatic heterocycles. The quantitative estimate of drug-likeness (QED) is 0.337. The van der Waals surface area contributed by atoms with Crippen LogP contribution in [0.15, 0.2) is 0 Å². The average molecular weight is 150 g/mol. The summed E-state index contributed by atoms with van der Waals surface area (Å²) in [5, 5.41) is 7.78. The Morgan fingerprint density at radius 3 is 2.40 bits per heavy atom. The van der Waals surface area contributed by atoms with Crippen molar-refractivity contribution in [3.63, 3.8) is 0 Å². The van der Waals surface area contributed by atoms with Gasteiger partial charge in [-0.05, 0) is 6.92 Å². The number of carboxylic acid groups (broad SMARTS) is 1. The summed E-state index contributed by atoms with van der Waals surface area (Å²) in [6.45, 7) is 1.64. The van der Waals surface area contributed by atoms with E-state index in [0.717, 1.165) is 0 Å². The Hall–Kier alpha value is -1.46. The lowest BCUT2D eigenvalue weighted by Gasteiger charge is -1.97. The molecule has 0 saturated heterocycles. The standard InChI is InChI=1S/C4H6O6/c1-2-8-4(7)10-9-3(5)6/h2H2,1H3,(H,5,6). The van der Waals surface area contributed by atoms with Crippen molar-refractivity contribution in [3.8, 4) is 0 Å². The normalized spacial score (nSPS) is 8.10. The molecule has 0 radical (unpaired) electrons. The topological polar surface area (TPSA) is 82.1 Å². The molecular weight excluding hydrogens is 144 g/mol. The van der Waals surface area contributed by atoms with Gasteiger partial charge in [-0.2, -0.15) is 9.68 Å². The maximum Gasteiger partial charge on any atom is 0.549 e. The molecule has 0 amide bonds. The molecule has 0 saturated carbocycles. The second-order valence-electron chi connectivity index (χ2n) is 1.12. The molecule has 0 spiro atoms. The highest BCUT2D eigenvalue weighted by molar-refractivity contribution is 5.62. The lowest BCUT2D eigenvalue weighted by atomic mass is 10.9. The van der Waals surface area contributed by atoms with Crippen LogP contribution in [0, 0.1) is 0 Å². The van der Waals surface area contributed by atoms with Crippen LogP contribution in [0.2, 0.25) is 0 Å². The third-order valence-corrected chi connectivity index (χ3v) is 0.443. The van der Waals surface area contributed by atoms with Gasteiger partial charge in [0.25, 0.3) is 0 Å². The van der Waals surface area contributed by atoms with E-state index < -0.39 is 12.3 Å². The summed E-state index contributed by atoms with van der Waals surface area (Å²) >= 11 is 0. The summed E-state index contributed by atoms with van der Waals surface area (Å²) < 4.78 is 4.14. The van der Waals surface area contributed by atoms with Gasteiger partial charge in [0, 0.05) is 0 Å². The van der Waals surface area contributed by atoms with Crippen LogP contribution in [-0.4, -0.2) is 24.0 Å². The number of ether oxygens (including phenoxy) is 1. The Labute approximate surface area is 56.2 Å². The molecule has 0 bridgehead atoms. The van der Waals surface area contributed by atoms with Crippen molar-refractivity contribution in [1.29, 1.82) is 0 Å². The van der Waals surface area contributed by atoms with Gasteiger partial charge >= 0.3 is 12.3 Å². The molecular formula is C4H6O6. The number of carbonyl (C=O) groups is 2. The highest BCUT2D eigenvalue weighted by atomic mass is 17.3. The molecule has 1 N–H and O–H groups in total. The van der Waals surface area contributed by atoms with E-state index in [0.29, 0.717) is 0 Å². The number of hydrogen-bond acceptors (Lipinski definition) is 5. The average Bonchev–Trinajstić information content (AvgIpc) is 1.85. The summed E-state index contributed by atoms with van der Waals surface area (Å²) in [5.41, 5.74) is 0. The van der Waals surface area contributed by atoms with Gasteiger partial charge in [-0.3, -0.25) is 0 Å². The van der Waals surface area contributed by atoms with Crippen LogP contribution in [0.5, 0.6) is 0 Å². The van der Waals surface area contributed by atoms with Crippen LogP contribution >= 0.6 is 0 Å². The van der Waals surface area contributed by atoms with Crippen molar-refractivity contribution in [1.82, 2.24) is 0 Å². The summed E-state index contributed by atoms with van der Waals surface area (Å²) in [5.74, 6) is 0. The fourth-order valence-corrected chi connectivity index (χ4v) is 0.212. The van der Waals surface area contributed by atoms with Gasteiger partial charge in [-0.25, -0.2) is 9.68 Å². The van der Waals surface area contributed by atoms with Crippen LogP contribution in [0.1, 0.15) is 6.92 Å². The van der Waals surface area contributed by atoms with E-state index in [1.54, 1.807) is 6.92 Å². The Morgan fingerprint density at radius 2 is 2.00 bits per heavy atom. The summed E-state index contributed by atoms with van der Waals surface area (Å²) in [7, 11) is 0. The highest BCUT2D eigenvalue weighted by Gasteiger charge is 2.06. The van der Waals surface area contributed by atoms with Crippen molar-refractivity contribution in [2.24, 2.45) is 0 Å². The zero-order valence-corrected chi connectivity index (χ0v) is 5.20. The molecule has 0 aromatic carbocycles. The first-order valence-corrected chi connectivity index (χ1v) is 2.41. The molecule has 0 rings (SSSR count). The second-order valence-corrected chi connectivity index (χ2v) is 1.12. The lowest BCUT2D eigenvalue weighted by Crippen LogP contribution is -2.10. The lowest BCUT2D eigenvalue weighted by molar-refractivity contribution is -0.212. The first kappa shape index (κ1) is 8.54. The third kappa shape index (κ3) is 4.69. The van der Waals surface area contributed by atoms with Gasteiger partial charge in [-0.15, -0.1) is 0 Å². The molecule has 0 aliphatic rings. The maximum absolute atomic E-state index is 10.1. The van der Waals surface area contributed by atoms with Crippen molar-refractivity contribution in [2.75, 3.05) is 6.61 Å². The highest BCUT2D eigenvalue weighted by Crippen LogP contribution is 1.86. The van der Waals surface area contributed by atoms with Crippen molar-refractivity contribution in [2.45, 2.75) is 6.92 Å². The molecule has 0 atom stereocenters. The number of hydrogen-bond donors (Lipinski definition) is 1. The van der Waals surface area contributed by atoms with Crippen LogP contribution in [0.25, 0.3) is 0 Å². The maximum atomic E-state index is 10.1. The first-order chi connectivity index (χ1) is 4.66. The van der Waals surface area contributed by atoms with Crippen molar-refractivity contribution >= 4 is 12.3 Å². The van der Waals surface area contributed by atoms with E-state index in [-0.39, 0.29) is 6.61 Å². The van der Waals surface area contributed by atoms with Crippen LogP contribution in [0.3, 0.4) is 0 Å². The number of rotatable bonds is 1. The Kier molecular flexibility index (Phi) is 3.78. The minimum absolute atomic E-state index is 0.0990. The molecule has 0 aliphatic carbocycles. The van der Waals surface area contributed by atoms with Gasteiger partial charge in [0.2, 0.25) is 0 Å². The fraction of sp³-hybridized carbons (Fsp3) is 0.500. The molecule has 0 aromatic heterocycles. The summed E-state index contributed by atoms with van der Waals surface area (Å²) in [6.07, 6.45) is -2.88. The Balaban J connectivity index is 3.30. The number of carbonyl (C=O) groups excluding carboxylic acids is 1. The molecule has 0 heterocycles. The Bertz CT molecular complexity index is 130. The van der Waals surface area contributed by atoms with Gasteiger partial charge in [0.05, 0.1) is 6.61 Å². The van der Waals surface area contributed by atoms with Crippen molar-refractivity contribution < 1.29 is 29.2 Å². The van der Waals surface area contributed by atoms with Gasteiger partial charge in [-0.1, -0.05) is 0 Å². The van der Waals surface area contributed by atoms with E-state index >= 15 is 0 Å². The van der Waals surface area contributed by atoms with E-state index in [4.69, 9.17) is 5.11 Å². The molecule has 0 unspecified atom stereocenters. The SMILES string of the molecule is CCOC(=O)OOC(=O)O. The van der Waals surface area contributed by atoms with Crippen LogP contribution in [0.4, 0.5) is 9.59 Å². The van der Waals surface area contributed by atoms with E-state index in [2.05, 4.69) is 14.5 Å². The largest absolute Gasteiger partial charge is 0.549 e. The molecule has 0 fully saturated rings. The summed E-state index contributed by atoms with van der Waals surface area (Å²) in [6, 6.07) is 0. The van der Waals surface area contributed by atoms with E-state index in [1.165, 1.54) is 0 Å². The molecule has 6 nitrogen and oxygen atoms in total. The van der Waals surface area contributed by atoms with E-state index in [1.807, 2.05) is 0 Å². The van der Waals surface area contributed by atoms with Gasteiger partial charge in [0.15, 0.2) is 0 Å². The fourth-order valence-electron chi connectivity index (χ4n) is 0.212. The molecule has 10 heavy (non-hydrogen) atoms. The first-order valence-electron chi connectivity index (χ1n) is 2.41. The Morgan fingerprint density at radius 1 is 1.40 bits per heavy atom. The van der Waals surface area contributed by atoms with Gasteiger partial charge < -0.3 is 9.84 Å². The zero-order valence-electron chi connectivity index (χ0n) is 5.20. The second kappa shape index (κ2) is 4.42. The van der Waals surface area contributed by atoms with Crippen molar-refractivity contribution in [3.05, 3.63) is 0 Å². The third-order valence-electron chi connectivity index (χ3n) is 0.443. The van der Waals surface area contributed by atoms with E-state index in [9.17, 15) is 9.59 Å². The van der Waals surface area contributed by atoms with Crippen LogP contribution < -0.4 is 0 Å². The minimum atomic E-state index is -1.70. The van der Waals surface area contributed by atoms with Crippen LogP contribution in [-0.2, 0) is 14.5 Å².